The van der Waals surface area contributed by atoms with Crippen molar-refractivity contribution < 1.29 is 22.7 Å². The van der Waals surface area contributed by atoms with E-state index in [0.29, 0.717) is 24.6 Å². The average Bonchev–Trinajstić information content (AvgIpc) is 3.17. The van der Waals surface area contributed by atoms with E-state index in [9.17, 15) is 13.2 Å². The van der Waals surface area contributed by atoms with E-state index >= 15 is 0 Å². The van der Waals surface area contributed by atoms with E-state index < -0.39 is 16.1 Å². The fraction of sp³-hybridized carbons (Fsp3) is 0.474. The molecule has 31 heavy (non-hydrogen) atoms. The second kappa shape index (κ2) is 10.4. The Hall–Kier alpha value is -2.25. The Kier molecular flexibility index (Phi) is 7.84. The fourth-order valence-electron chi connectivity index (χ4n) is 3.06. The molecule has 0 saturated carbocycles. The topological polar surface area (TPSA) is 113 Å². The third kappa shape index (κ3) is 5.71. The number of ether oxygens (including phenoxy) is 2. The number of thiazole rings is 1. The van der Waals surface area contributed by atoms with Crippen LogP contribution in [-0.4, -0.2) is 73.0 Å². The standard InChI is InChI=1S/C19H27N5O5S2/c1-14-17(31(26,27)20-2)30-19(21-14)24(10-11-28-3)18(25)22-15-4-6-16(7-5-15)23-8-12-29-13-9-23/h4-7,20H,8-13H2,1-3H3,(H,22,25). The molecule has 2 N–H and O–H groups in total. The second-order valence-corrected chi connectivity index (χ2v) is 9.86. The Morgan fingerprint density at radius 2 is 1.97 bits per heavy atom. The molecule has 2 aromatic rings. The molecule has 0 atom stereocenters. The van der Waals surface area contributed by atoms with Gasteiger partial charge in [0.05, 0.1) is 32.1 Å². The lowest BCUT2D eigenvalue weighted by Gasteiger charge is -2.29. The van der Waals surface area contributed by atoms with Crippen molar-refractivity contribution in [2.75, 3.05) is 68.7 Å². The van der Waals surface area contributed by atoms with Crippen LogP contribution in [0, 0.1) is 6.92 Å². The quantitative estimate of drug-likeness (QED) is 0.607. The van der Waals surface area contributed by atoms with Crippen molar-refractivity contribution >= 4 is 43.9 Å². The highest BCUT2D eigenvalue weighted by Gasteiger charge is 2.25. The first-order valence-corrected chi connectivity index (χ1v) is 12.1. The number of benzene rings is 1. The Morgan fingerprint density at radius 3 is 2.58 bits per heavy atom. The van der Waals surface area contributed by atoms with Gasteiger partial charge in [-0.25, -0.2) is 22.9 Å². The number of aryl methyl sites for hydroxylation is 1. The minimum atomic E-state index is -3.66. The number of rotatable bonds is 8. The summed E-state index contributed by atoms with van der Waals surface area (Å²) in [6.07, 6.45) is 0. The van der Waals surface area contributed by atoms with Gasteiger partial charge < -0.3 is 19.7 Å². The molecule has 1 aromatic carbocycles. The summed E-state index contributed by atoms with van der Waals surface area (Å²) in [5.74, 6) is 0. The van der Waals surface area contributed by atoms with E-state index in [1.807, 2.05) is 24.3 Å². The summed E-state index contributed by atoms with van der Waals surface area (Å²) >= 11 is 0.939. The zero-order valence-corrected chi connectivity index (χ0v) is 19.4. The first kappa shape index (κ1) is 23.4. The first-order chi connectivity index (χ1) is 14.9. The van der Waals surface area contributed by atoms with Crippen LogP contribution in [-0.2, 0) is 19.5 Å². The summed E-state index contributed by atoms with van der Waals surface area (Å²) in [5, 5.41) is 3.13. The maximum absolute atomic E-state index is 13.0. The normalized spacial score (nSPS) is 14.5. The van der Waals surface area contributed by atoms with Crippen LogP contribution in [0.1, 0.15) is 5.69 Å². The second-order valence-electron chi connectivity index (χ2n) is 6.80. The molecule has 170 valence electrons. The molecule has 0 unspecified atom stereocenters. The molecule has 0 aliphatic carbocycles. The average molecular weight is 470 g/mol. The van der Waals surface area contributed by atoms with Crippen molar-refractivity contribution in [2.24, 2.45) is 0 Å². The summed E-state index contributed by atoms with van der Waals surface area (Å²) in [5.41, 5.74) is 2.02. The molecule has 1 aliphatic heterocycles. The Morgan fingerprint density at radius 1 is 1.29 bits per heavy atom. The zero-order chi connectivity index (χ0) is 22.4. The minimum Gasteiger partial charge on any atom is -0.383 e. The van der Waals surface area contributed by atoms with Crippen molar-refractivity contribution in [1.29, 1.82) is 0 Å². The Labute approximate surface area is 186 Å². The smallest absolute Gasteiger partial charge is 0.328 e. The van der Waals surface area contributed by atoms with Crippen molar-refractivity contribution in [3.63, 3.8) is 0 Å². The van der Waals surface area contributed by atoms with E-state index in [-0.39, 0.29) is 22.5 Å². The summed E-state index contributed by atoms with van der Waals surface area (Å²) in [6.45, 7) is 5.16. The number of aromatic nitrogens is 1. The lowest BCUT2D eigenvalue weighted by Crippen LogP contribution is -2.37. The van der Waals surface area contributed by atoms with Crippen molar-refractivity contribution in [3.8, 4) is 0 Å². The van der Waals surface area contributed by atoms with Crippen LogP contribution < -0.4 is 19.8 Å². The molecule has 12 heteroatoms. The van der Waals surface area contributed by atoms with E-state index in [1.54, 1.807) is 6.92 Å². The fourth-order valence-corrected chi connectivity index (χ4v) is 5.42. The number of sulfonamides is 1. The van der Waals surface area contributed by atoms with Crippen LogP contribution in [0.2, 0.25) is 0 Å². The molecule has 1 aromatic heterocycles. The van der Waals surface area contributed by atoms with Crippen LogP contribution in [0.3, 0.4) is 0 Å². The highest BCUT2D eigenvalue weighted by atomic mass is 32.2. The van der Waals surface area contributed by atoms with Gasteiger partial charge in [-0.1, -0.05) is 11.3 Å². The maximum Gasteiger partial charge on any atom is 0.328 e. The van der Waals surface area contributed by atoms with E-state index in [2.05, 4.69) is 19.9 Å². The van der Waals surface area contributed by atoms with Crippen LogP contribution in [0.5, 0.6) is 0 Å². The molecule has 1 aliphatic rings. The van der Waals surface area contributed by atoms with Gasteiger partial charge in [0, 0.05) is 31.6 Å². The van der Waals surface area contributed by atoms with Gasteiger partial charge in [-0.3, -0.25) is 4.90 Å². The van der Waals surface area contributed by atoms with Gasteiger partial charge in [0.1, 0.15) is 0 Å². The molecule has 10 nitrogen and oxygen atoms in total. The van der Waals surface area contributed by atoms with Gasteiger partial charge in [0.25, 0.3) is 10.0 Å². The van der Waals surface area contributed by atoms with Crippen molar-refractivity contribution in [3.05, 3.63) is 30.0 Å². The molecular formula is C19H27N5O5S2. The van der Waals surface area contributed by atoms with E-state index in [1.165, 1.54) is 19.1 Å². The SMILES string of the molecule is CNS(=O)(=O)c1sc(N(CCOC)C(=O)Nc2ccc(N3CCOCC3)cc2)nc1C. The molecule has 0 bridgehead atoms. The van der Waals surface area contributed by atoms with Gasteiger partial charge in [-0.05, 0) is 38.2 Å². The van der Waals surface area contributed by atoms with Gasteiger partial charge in [-0.2, -0.15) is 0 Å². The number of urea groups is 1. The largest absolute Gasteiger partial charge is 0.383 e. The van der Waals surface area contributed by atoms with Crippen molar-refractivity contribution in [1.82, 2.24) is 9.71 Å². The first-order valence-electron chi connectivity index (χ1n) is 9.77. The number of carbonyl (C=O) groups excluding carboxylic acids is 1. The highest BCUT2D eigenvalue weighted by molar-refractivity contribution is 7.91. The molecule has 1 saturated heterocycles. The third-order valence-electron chi connectivity index (χ3n) is 4.75. The summed E-state index contributed by atoms with van der Waals surface area (Å²) < 4.78 is 37.2. The third-order valence-corrected chi connectivity index (χ3v) is 7.95. The maximum atomic E-state index is 13.0. The van der Waals surface area contributed by atoms with Crippen LogP contribution in [0.15, 0.2) is 28.5 Å². The number of nitrogens with one attached hydrogen (secondary N) is 2. The van der Waals surface area contributed by atoms with Crippen LogP contribution >= 0.6 is 11.3 Å². The molecule has 3 rings (SSSR count). The predicted molar refractivity (Wildman–Crippen MR) is 121 cm³/mol. The lowest BCUT2D eigenvalue weighted by molar-refractivity contribution is 0.122. The minimum absolute atomic E-state index is 0.0788. The number of morpholine rings is 1. The number of amides is 2. The highest BCUT2D eigenvalue weighted by Crippen LogP contribution is 2.30. The van der Waals surface area contributed by atoms with E-state index in [4.69, 9.17) is 9.47 Å². The van der Waals surface area contributed by atoms with Gasteiger partial charge in [0.2, 0.25) is 0 Å². The van der Waals surface area contributed by atoms with E-state index in [0.717, 1.165) is 30.1 Å². The molecule has 0 radical (unpaired) electrons. The Bertz CT molecular complexity index is 988. The molecule has 1 fully saturated rings. The molecule has 0 spiro atoms. The number of hydrogen-bond acceptors (Lipinski definition) is 8. The lowest BCUT2D eigenvalue weighted by atomic mass is 10.2. The number of nitrogens with zero attached hydrogens (tertiary/aromatic N) is 3. The Balaban J connectivity index is 1.76. The van der Waals surface area contributed by atoms with Crippen LogP contribution in [0.25, 0.3) is 0 Å². The summed E-state index contributed by atoms with van der Waals surface area (Å²) in [6, 6.07) is 7.15. The van der Waals surface area contributed by atoms with Gasteiger partial charge in [0.15, 0.2) is 9.34 Å². The number of hydrogen-bond donors (Lipinski definition) is 2. The summed E-state index contributed by atoms with van der Waals surface area (Å²) in [7, 11) is -0.790. The molecule has 2 heterocycles. The van der Waals surface area contributed by atoms with Crippen LogP contribution in [0.4, 0.5) is 21.3 Å². The number of methoxy groups -OCH3 is 1. The molecular weight excluding hydrogens is 442 g/mol. The number of carbonyl (C=O) groups is 1. The zero-order valence-electron chi connectivity index (χ0n) is 17.8. The summed E-state index contributed by atoms with van der Waals surface area (Å²) in [4.78, 5) is 20.9. The van der Waals surface area contributed by atoms with Gasteiger partial charge >= 0.3 is 6.03 Å². The monoisotopic (exact) mass is 469 g/mol. The van der Waals surface area contributed by atoms with Gasteiger partial charge in [-0.15, -0.1) is 0 Å². The predicted octanol–water partition coefficient (Wildman–Crippen LogP) is 1.88. The molecule has 2 amide bonds. The van der Waals surface area contributed by atoms with Crippen molar-refractivity contribution in [2.45, 2.75) is 11.1 Å². The number of anilines is 3.